The minimum absolute atomic E-state index is 0.0412. The van der Waals surface area contributed by atoms with E-state index in [-0.39, 0.29) is 30.3 Å². The maximum absolute atomic E-state index is 12.7. The zero-order chi connectivity index (χ0) is 22.1. The number of hydrogen-bond acceptors (Lipinski definition) is 7. The van der Waals surface area contributed by atoms with Gasteiger partial charge in [0.1, 0.15) is 5.82 Å². The van der Waals surface area contributed by atoms with Gasteiger partial charge in [-0.1, -0.05) is 0 Å². The summed E-state index contributed by atoms with van der Waals surface area (Å²) in [5.74, 6) is 0.262. The summed E-state index contributed by atoms with van der Waals surface area (Å²) in [4.78, 5) is 44.9. The highest BCUT2D eigenvalue weighted by atomic mass is 16.5. The van der Waals surface area contributed by atoms with Crippen LogP contribution in [0.1, 0.15) is 49.4 Å². The first-order chi connectivity index (χ1) is 15.1. The SMILES string of the molecule is CCOC(=O)CCCC(=O)N1CCN(c2ncccc2C(=O)NC[C@@H]2CCCO2)CC1. The first-order valence-electron chi connectivity index (χ1n) is 11.1. The molecule has 1 atom stereocenters. The van der Waals surface area contributed by atoms with Crippen LogP contribution in [0.2, 0.25) is 0 Å². The highest BCUT2D eigenvalue weighted by molar-refractivity contribution is 5.99. The van der Waals surface area contributed by atoms with E-state index in [0.29, 0.717) is 63.6 Å². The van der Waals surface area contributed by atoms with E-state index in [1.165, 1.54) is 0 Å². The van der Waals surface area contributed by atoms with E-state index in [9.17, 15) is 14.4 Å². The molecule has 0 radical (unpaired) electrons. The van der Waals surface area contributed by atoms with Gasteiger partial charge >= 0.3 is 5.97 Å². The molecule has 0 aliphatic carbocycles. The Balaban J connectivity index is 1.48. The molecular formula is C22H32N4O5. The standard InChI is InChI=1S/C22H32N4O5/c1-2-30-20(28)9-3-8-19(27)25-11-13-26(14-12-25)21-18(7-4-10-23-21)22(29)24-16-17-6-5-15-31-17/h4,7,10,17H,2-3,5-6,8-9,11-16H2,1H3,(H,24,29)/t17-/m0/s1. The van der Waals surface area contributed by atoms with Crippen LogP contribution in [0.25, 0.3) is 0 Å². The Hall–Kier alpha value is -2.68. The molecule has 0 saturated carbocycles. The third-order valence-electron chi connectivity index (χ3n) is 5.55. The largest absolute Gasteiger partial charge is 0.466 e. The fraction of sp³-hybridized carbons (Fsp3) is 0.636. The summed E-state index contributed by atoms with van der Waals surface area (Å²) in [6.45, 7) is 5.71. The van der Waals surface area contributed by atoms with Crippen LogP contribution in [0.5, 0.6) is 0 Å². The summed E-state index contributed by atoms with van der Waals surface area (Å²) in [5.41, 5.74) is 0.537. The van der Waals surface area contributed by atoms with Gasteiger partial charge in [0.15, 0.2) is 0 Å². The number of carbonyl (C=O) groups is 3. The van der Waals surface area contributed by atoms with Crippen molar-refractivity contribution in [2.75, 3.05) is 50.8 Å². The van der Waals surface area contributed by atoms with Gasteiger partial charge in [-0.25, -0.2) is 4.98 Å². The Bertz CT molecular complexity index is 758. The van der Waals surface area contributed by atoms with Crippen molar-refractivity contribution in [1.29, 1.82) is 0 Å². The molecule has 0 unspecified atom stereocenters. The number of carbonyl (C=O) groups excluding carboxylic acids is 3. The molecule has 170 valence electrons. The van der Waals surface area contributed by atoms with Crippen LogP contribution < -0.4 is 10.2 Å². The molecule has 0 bridgehead atoms. The summed E-state index contributed by atoms with van der Waals surface area (Å²) in [6.07, 6.45) is 4.85. The Kier molecular flexibility index (Phi) is 8.63. The van der Waals surface area contributed by atoms with Gasteiger partial charge in [0.05, 0.1) is 18.3 Å². The highest BCUT2D eigenvalue weighted by Gasteiger charge is 2.25. The van der Waals surface area contributed by atoms with Gasteiger partial charge in [-0.3, -0.25) is 14.4 Å². The maximum Gasteiger partial charge on any atom is 0.305 e. The van der Waals surface area contributed by atoms with Gasteiger partial charge in [0.2, 0.25) is 5.91 Å². The zero-order valence-electron chi connectivity index (χ0n) is 18.2. The van der Waals surface area contributed by atoms with E-state index in [1.807, 2.05) is 9.80 Å². The second-order valence-corrected chi connectivity index (χ2v) is 7.75. The molecule has 9 heteroatoms. The second-order valence-electron chi connectivity index (χ2n) is 7.75. The molecule has 2 aliphatic heterocycles. The molecule has 2 saturated heterocycles. The molecule has 3 rings (SSSR count). The summed E-state index contributed by atoms with van der Waals surface area (Å²) >= 11 is 0. The van der Waals surface area contributed by atoms with E-state index in [2.05, 4.69) is 10.3 Å². The lowest BCUT2D eigenvalue weighted by atomic mass is 10.1. The minimum atomic E-state index is -0.263. The molecule has 1 aromatic heterocycles. The van der Waals surface area contributed by atoms with Crippen LogP contribution in [0.3, 0.4) is 0 Å². The van der Waals surface area contributed by atoms with Crippen LogP contribution in [0.4, 0.5) is 5.82 Å². The molecule has 2 fully saturated rings. The number of amides is 2. The number of pyridine rings is 1. The van der Waals surface area contributed by atoms with Crippen molar-refractivity contribution in [2.45, 2.75) is 45.1 Å². The van der Waals surface area contributed by atoms with Gasteiger partial charge in [0, 0.05) is 58.4 Å². The summed E-state index contributed by atoms with van der Waals surface area (Å²) < 4.78 is 10.5. The third-order valence-corrected chi connectivity index (χ3v) is 5.55. The second kappa shape index (κ2) is 11.6. The first kappa shape index (κ1) is 23.0. The molecule has 0 spiro atoms. The normalized spacial score (nSPS) is 18.7. The van der Waals surface area contributed by atoms with Crippen molar-refractivity contribution in [2.24, 2.45) is 0 Å². The van der Waals surface area contributed by atoms with Gasteiger partial charge in [-0.15, -0.1) is 0 Å². The smallest absolute Gasteiger partial charge is 0.305 e. The molecule has 31 heavy (non-hydrogen) atoms. The quantitative estimate of drug-likeness (QED) is 0.588. The summed E-state index contributed by atoms with van der Waals surface area (Å²) in [6, 6.07) is 3.54. The summed E-state index contributed by atoms with van der Waals surface area (Å²) in [5, 5.41) is 2.96. The third kappa shape index (κ3) is 6.65. The number of nitrogens with one attached hydrogen (secondary N) is 1. The number of ether oxygens (including phenoxy) is 2. The molecule has 1 aromatic rings. The predicted molar refractivity (Wildman–Crippen MR) is 115 cm³/mol. The monoisotopic (exact) mass is 432 g/mol. The number of piperazine rings is 1. The van der Waals surface area contributed by atoms with Crippen molar-refractivity contribution in [1.82, 2.24) is 15.2 Å². The molecule has 2 amide bonds. The molecule has 2 aliphatic rings. The predicted octanol–water partition coefficient (Wildman–Crippen LogP) is 1.37. The summed E-state index contributed by atoms with van der Waals surface area (Å²) in [7, 11) is 0. The topological polar surface area (TPSA) is 101 Å². The van der Waals surface area contributed by atoms with Crippen LogP contribution >= 0.6 is 0 Å². The fourth-order valence-electron chi connectivity index (χ4n) is 3.88. The van der Waals surface area contributed by atoms with E-state index >= 15 is 0 Å². The van der Waals surface area contributed by atoms with Gasteiger partial charge in [-0.05, 0) is 38.3 Å². The Labute approximate surface area is 183 Å². The van der Waals surface area contributed by atoms with Crippen molar-refractivity contribution in [3.05, 3.63) is 23.9 Å². The molecule has 9 nitrogen and oxygen atoms in total. The Morgan fingerprint density at radius 1 is 1.23 bits per heavy atom. The zero-order valence-corrected chi connectivity index (χ0v) is 18.2. The van der Waals surface area contributed by atoms with E-state index in [1.54, 1.807) is 25.3 Å². The minimum Gasteiger partial charge on any atom is -0.466 e. The van der Waals surface area contributed by atoms with Crippen LogP contribution in [0, 0.1) is 0 Å². The lowest BCUT2D eigenvalue weighted by Gasteiger charge is -2.36. The van der Waals surface area contributed by atoms with Crippen molar-refractivity contribution < 1.29 is 23.9 Å². The van der Waals surface area contributed by atoms with Crippen LogP contribution in [0.15, 0.2) is 18.3 Å². The fourth-order valence-corrected chi connectivity index (χ4v) is 3.88. The lowest BCUT2D eigenvalue weighted by Crippen LogP contribution is -2.49. The maximum atomic E-state index is 12.7. The lowest BCUT2D eigenvalue weighted by molar-refractivity contribution is -0.143. The van der Waals surface area contributed by atoms with Crippen molar-refractivity contribution in [3.63, 3.8) is 0 Å². The number of rotatable bonds is 9. The van der Waals surface area contributed by atoms with E-state index in [0.717, 1.165) is 19.4 Å². The highest BCUT2D eigenvalue weighted by Crippen LogP contribution is 2.20. The van der Waals surface area contributed by atoms with Crippen molar-refractivity contribution in [3.8, 4) is 0 Å². The van der Waals surface area contributed by atoms with Gasteiger partial charge in [-0.2, -0.15) is 0 Å². The number of hydrogen-bond donors (Lipinski definition) is 1. The molecule has 0 aromatic carbocycles. The molecular weight excluding hydrogens is 400 g/mol. The molecule has 1 N–H and O–H groups in total. The average Bonchev–Trinajstić information content (AvgIpc) is 3.31. The van der Waals surface area contributed by atoms with E-state index < -0.39 is 0 Å². The number of esters is 1. The van der Waals surface area contributed by atoms with Gasteiger partial charge in [0.25, 0.3) is 5.91 Å². The van der Waals surface area contributed by atoms with Crippen molar-refractivity contribution >= 4 is 23.6 Å². The number of anilines is 1. The Morgan fingerprint density at radius 3 is 2.74 bits per heavy atom. The van der Waals surface area contributed by atoms with Crippen LogP contribution in [-0.4, -0.2) is 79.7 Å². The van der Waals surface area contributed by atoms with E-state index in [4.69, 9.17) is 9.47 Å². The average molecular weight is 433 g/mol. The number of aromatic nitrogens is 1. The number of nitrogens with zero attached hydrogens (tertiary/aromatic N) is 3. The van der Waals surface area contributed by atoms with Crippen LogP contribution in [-0.2, 0) is 19.1 Å². The Morgan fingerprint density at radius 2 is 2.03 bits per heavy atom. The van der Waals surface area contributed by atoms with Gasteiger partial charge < -0.3 is 24.6 Å². The molecule has 3 heterocycles. The first-order valence-corrected chi connectivity index (χ1v) is 11.1.